The van der Waals surface area contributed by atoms with Gasteiger partial charge in [0.05, 0.1) is 17.5 Å². The molecule has 1 fully saturated rings. The Morgan fingerprint density at radius 1 is 1.47 bits per heavy atom. The van der Waals surface area contributed by atoms with Gasteiger partial charge in [0.25, 0.3) is 0 Å². The largest absolute Gasteiger partial charge is 0.377 e. The molecule has 2 rings (SSSR count). The fourth-order valence-electron chi connectivity index (χ4n) is 2.53. The van der Waals surface area contributed by atoms with Crippen LogP contribution in [0, 0.1) is 0 Å². The van der Waals surface area contributed by atoms with Crippen molar-refractivity contribution in [1.29, 1.82) is 0 Å². The summed E-state index contributed by atoms with van der Waals surface area (Å²) in [6.07, 6.45) is 3.56. The molecule has 0 N–H and O–H groups in total. The summed E-state index contributed by atoms with van der Waals surface area (Å²) in [4.78, 5) is 16.7. The number of ether oxygens (including phenoxy) is 1. The van der Waals surface area contributed by atoms with Crippen molar-refractivity contribution in [3.05, 3.63) is 21.9 Å². The van der Waals surface area contributed by atoms with Crippen LogP contribution in [-0.2, 0) is 11.2 Å². The summed E-state index contributed by atoms with van der Waals surface area (Å²) < 4.78 is 5.67. The Morgan fingerprint density at radius 2 is 2.32 bits per heavy atom. The summed E-state index contributed by atoms with van der Waals surface area (Å²) in [6, 6.07) is 4.03. The lowest BCUT2D eigenvalue weighted by Crippen LogP contribution is -2.42. The van der Waals surface area contributed by atoms with E-state index in [0.29, 0.717) is 12.6 Å². The Bertz CT molecular complexity index is 414. The van der Waals surface area contributed by atoms with E-state index in [2.05, 4.69) is 17.9 Å². The summed E-state index contributed by atoms with van der Waals surface area (Å²) >= 11 is 1.63. The van der Waals surface area contributed by atoms with Crippen LogP contribution in [0.25, 0.3) is 0 Å². The Morgan fingerprint density at radius 3 is 3.00 bits per heavy atom. The molecule has 0 radical (unpaired) electrons. The van der Waals surface area contributed by atoms with Crippen LogP contribution in [-0.4, -0.2) is 43.0 Å². The Kier molecular flexibility index (Phi) is 5.55. The molecule has 3 nitrogen and oxygen atoms in total. The first-order valence-electron chi connectivity index (χ1n) is 7.18. The monoisotopic (exact) mass is 281 g/mol. The van der Waals surface area contributed by atoms with Crippen molar-refractivity contribution >= 4 is 17.1 Å². The van der Waals surface area contributed by atoms with Crippen molar-refractivity contribution in [1.82, 2.24) is 4.90 Å². The quantitative estimate of drug-likeness (QED) is 0.751. The van der Waals surface area contributed by atoms with Crippen molar-refractivity contribution in [3.63, 3.8) is 0 Å². The smallest absolute Gasteiger partial charge is 0.186 e. The van der Waals surface area contributed by atoms with Crippen molar-refractivity contribution in [3.8, 4) is 0 Å². The maximum atomic E-state index is 12.2. The van der Waals surface area contributed by atoms with Gasteiger partial charge >= 0.3 is 0 Å². The second-order valence-electron chi connectivity index (χ2n) is 5.00. The summed E-state index contributed by atoms with van der Waals surface area (Å²) in [5, 5.41) is 0. The molecule has 1 aliphatic heterocycles. The third kappa shape index (κ3) is 4.13. The van der Waals surface area contributed by atoms with Gasteiger partial charge in [-0.2, -0.15) is 0 Å². The first-order valence-corrected chi connectivity index (χ1v) is 8.00. The van der Waals surface area contributed by atoms with E-state index in [-0.39, 0.29) is 5.78 Å². The third-order valence-corrected chi connectivity index (χ3v) is 4.79. The Balaban J connectivity index is 1.87. The van der Waals surface area contributed by atoms with Gasteiger partial charge in [0, 0.05) is 18.0 Å². The second-order valence-corrected chi connectivity index (χ2v) is 6.17. The molecule has 106 valence electrons. The molecular formula is C15H23NO2S. The number of rotatable bonds is 6. The molecule has 0 spiro atoms. The molecule has 1 aliphatic rings. The van der Waals surface area contributed by atoms with Crippen LogP contribution >= 0.6 is 11.3 Å². The predicted molar refractivity (Wildman–Crippen MR) is 79.1 cm³/mol. The predicted octanol–water partition coefficient (Wildman–Crippen LogP) is 2.99. The summed E-state index contributed by atoms with van der Waals surface area (Å²) in [5.41, 5.74) is 0. The molecule has 1 unspecified atom stereocenters. The van der Waals surface area contributed by atoms with Gasteiger partial charge in [-0.25, -0.2) is 0 Å². The van der Waals surface area contributed by atoms with Gasteiger partial charge < -0.3 is 4.74 Å². The van der Waals surface area contributed by atoms with Crippen LogP contribution in [0.5, 0.6) is 0 Å². The van der Waals surface area contributed by atoms with Crippen LogP contribution in [0.2, 0.25) is 0 Å². The number of nitrogens with zero attached hydrogens (tertiary/aromatic N) is 1. The molecule has 0 aliphatic carbocycles. The number of carbonyl (C=O) groups is 1. The lowest BCUT2D eigenvalue weighted by Gasteiger charge is -2.31. The topological polar surface area (TPSA) is 29.5 Å². The number of likely N-dealkylation sites (tertiary alicyclic amines) is 1. The molecule has 1 aromatic rings. The van der Waals surface area contributed by atoms with Gasteiger partial charge in [0.2, 0.25) is 0 Å². The molecule has 19 heavy (non-hydrogen) atoms. The zero-order valence-corrected chi connectivity index (χ0v) is 12.7. The number of aryl methyl sites for hydroxylation is 1. The average Bonchev–Trinajstić information content (AvgIpc) is 2.88. The van der Waals surface area contributed by atoms with Crippen molar-refractivity contribution in [2.45, 2.75) is 39.2 Å². The second kappa shape index (κ2) is 7.17. The Labute approximate surface area is 119 Å². The molecule has 1 atom stereocenters. The lowest BCUT2D eigenvalue weighted by molar-refractivity contribution is 0.00722. The normalized spacial score (nSPS) is 20.6. The molecule has 4 heteroatoms. The standard InChI is InChI=1S/C15H23NO2S/c1-3-13-7-8-15(19-13)14(17)11-16-9-5-6-12(10-16)18-4-2/h7-8,12H,3-6,9-11H2,1-2H3. The van der Waals surface area contributed by atoms with Gasteiger partial charge in [0.15, 0.2) is 5.78 Å². The number of hydrogen-bond donors (Lipinski definition) is 0. The highest BCUT2D eigenvalue weighted by atomic mass is 32.1. The van der Waals surface area contributed by atoms with Gasteiger partial charge in [-0.1, -0.05) is 6.92 Å². The summed E-state index contributed by atoms with van der Waals surface area (Å²) in [6.45, 7) is 7.36. The average molecular weight is 281 g/mol. The Hall–Kier alpha value is -0.710. The minimum atomic E-state index is 0.252. The summed E-state index contributed by atoms with van der Waals surface area (Å²) in [7, 11) is 0. The first kappa shape index (κ1) is 14.7. The molecule has 1 aromatic heterocycles. The van der Waals surface area contributed by atoms with E-state index in [0.717, 1.165) is 43.8 Å². The molecule has 0 bridgehead atoms. The number of Topliss-reactive ketones (excluding diaryl/α,β-unsaturated/α-hetero) is 1. The fourth-order valence-corrected chi connectivity index (χ4v) is 3.40. The third-order valence-electron chi connectivity index (χ3n) is 3.52. The van der Waals surface area contributed by atoms with Crippen molar-refractivity contribution in [2.75, 3.05) is 26.2 Å². The van der Waals surface area contributed by atoms with E-state index in [4.69, 9.17) is 4.74 Å². The number of piperidine rings is 1. The molecule has 1 saturated heterocycles. The molecule has 0 aromatic carbocycles. The van der Waals surface area contributed by atoms with E-state index in [1.54, 1.807) is 11.3 Å². The minimum Gasteiger partial charge on any atom is -0.377 e. The molecule has 0 amide bonds. The van der Waals surface area contributed by atoms with Gasteiger partial charge in [-0.15, -0.1) is 11.3 Å². The fraction of sp³-hybridized carbons (Fsp3) is 0.667. The van der Waals surface area contributed by atoms with Crippen LogP contribution in [0.4, 0.5) is 0 Å². The zero-order chi connectivity index (χ0) is 13.7. The van der Waals surface area contributed by atoms with Crippen LogP contribution in [0.3, 0.4) is 0 Å². The van der Waals surface area contributed by atoms with Crippen LogP contribution < -0.4 is 0 Å². The van der Waals surface area contributed by atoms with E-state index in [9.17, 15) is 4.79 Å². The summed E-state index contributed by atoms with van der Waals surface area (Å²) in [5.74, 6) is 0.252. The lowest BCUT2D eigenvalue weighted by atomic mass is 10.1. The highest BCUT2D eigenvalue weighted by Crippen LogP contribution is 2.19. The molecule has 0 saturated carbocycles. The van der Waals surface area contributed by atoms with Gasteiger partial charge in [0.1, 0.15) is 0 Å². The number of thiophene rings is 1. The zero-order valence-electron chi connectivity index (χ0n) is 11.9. The van der Waals surface area contributed by atoms with Crippen molar-refractivity contribution in [2.24, 2.45) is 0 Å². The maximum Gasteiger partial charge on any atom is 0.186 e. The minimum absolute atomic E-state index is 0.252. The number of hydrogen-bond acceptors (Lipinski definition) is 4. The molecule has 2 heterocycles. The van der Waals surface area contributed by atoms with E-state index in [1.807, 2.05) is 13.0 Å². The van der Waals surface area contributed by atoms with Gasteiger partial charge in [-0.05, 0) is 44.9 Å². The first-order chi connectivity index (χ1) is 9.22. The van der Waals surface area contributed by atoms with E-state index in [1.165, 1.54) is 4.88 Å². The molecular weight excluding hydrogens is 258 g/mol. The SMILES string of the molecule is CCOC1CCCN(CC(=O)c2ccc(CC)s2)C1. The maximum absolute atomic E-state index is 12.2. The highest BCUT2D eigenvalue weighted by molar-refractivity contribution is 7.14. The number of carbonyl (C=O) groups excluding carboxylic acids is 1. The highest BCUT2D eigenvalue weighted by Gasteiger charge is 2.22. The number of ketones is 1. The van der Waals surface area contributed by atoms with E-state index < -0.39 is 0 Å². The van der Waals surface area contributed by atoms with E-state index >= 15 is 0 Å². The van der Waals surface area contributed by atoms with Gasteiger partial charge in [-0.3, -0.25) is 9.69 Å². The van der Waals surface area contributed by atoms with Crippen LogP contribution in [0.15, 0.2) is 12.1 Å². The van der Waals surface area contributed by atoms with Crippen molar-refractivity contribution < 1.29 is 9.53 Å². The van der Waals surface area contributed by atoms with Crippen LogP contribution in [0.1, 0.15) is 41.2 Å².